The summed E-state index contributed by atoms with van der Waals surface area (Å²) in [7, 11) is 1.08. The molecule has 1 rings (SSSR count). The zero-order valence-corrected chi connectivity index (χ0v) is 7.86. The Morgan fingerprint density at radius 1 is 1.57 bits per heavy atom. The Balaban J connectivity index is 3.40. The maximum Gasteiger partial charge on any atom is 0.340 e. The number of ether oxygens (including phenoxy) is 1. The molecule has 0 amide bonds. The quantitative estimate of drug-likeness (QED) is 0.448. The number of esters is 1. The molecule has 1 aromatic carbocycles. The van der Waals surface area contributed by atoms with Crippen molar-refractivity contribution in [3.8, 4) is 0 Å². The van der Waals surface area contributed by atoms with Gasteiger partial charge >= 0.3 is 5.97 Å². The Morgan fingerprint density at radius 2 is 2.14 bits per heavy atom. The van der Waals surface area contributed by atoms with Gasteiger partial charge in [-0.1, -0.05) is 11.6 Å². The molecule has 76 valence electrons. The molecule has 0 radical (unpaired) electrons. The minimum atomic E-state index is -1.16. The van der Waals surface area contributed by atoms with Gasteiger partial charge in [-0.3, -0.25) is 0 Å². The molecule has 0 saturated carbocycles. The number of halogens is 3. The van der Waals surface area contributed by atoms with Crippen LogP contribution < -0.4 is 5.73 Å². The number of nitrogens with two attached hydrogens (primary N) is 1. The van der Waals surface area contributed by atoms with Gasteiger partial charge in [0.15, 0.2) is 5.82 Å². The Morgan fingerprint density at radius 3 is 2.64 bits per heavy atom. The SMILES string of the molecule is COC(=O)c1cc(F)c(Cl)c(F)c1N. The molecule has 0 atom stereocenters. The van der Waals surface area contributed by atoms with Crippen molar-refractivity contribution in [2.75, 3.05) is 12.8 Å². The molecule has 0 aliphatic carbocycles. The van der Waals surface area contributed by atoms with E-state index in [0.717, 1.165) is 13.2 Å². The van der Waals surface area contributed by atoms with Crippen molar-refractivity contribution in [2.45, 2.75) is 0 Å². The van der Waals surface area contributed by atoms with E-state index in [2.05, 4.69) is 4.74 Å². The number of methoxy groups -OCH3 is 1. The maximum absolute atomic E-state index is 13.0. The van der Waals surface area contributed by atoms with Crippen molar-refractivity contribution in [3.63, 3.8) is 0 Å². The number of anilines is 1. The lowest BCUT2D eigenvalue weighted by Crippen LogP contribution is -2.08. The third-order valence-corrected chi connectivity index (χ3v) is 1.95. The third-order valence-electron chi connectivity index (χ3n) is 1.61. The van der Waals surface area contributed by atoms with Crippen LogP contribution in [0.3, 0.4) is 0 Å². The Bertz CT molecular complexity index is 395. The molecule has 0 aromatic heterocycles. The number of hydrogen-bond acceptors (Lipinski definition) is 3. The second-order valence-corrected chi connectivity index (χ2v) is 2.82. The van der Waals surface area contributed by atoms with Gasteiger partial charge in [-0.2, -0.15) is 0 Å². The zero-order valence-electron chi connectivity index (χ0n) is 7.11. The van der Waals surface area contributed by atoms with Gasteiger partial charge < -0.3 is 10.5 Å². The van der Waals surface area contributed by atoms with E-state index in [1.807, 2.05) is 0 Å². The molecule has 1 aromatic rings. The Hall–Kier alpha value is -1.36. The number of carbonyl (C=O) groups excluding carboxylic acids is 1. The number of nitrogen functional groups attached to an aromatic ring is 1. The van der Waals surface area contributed by atoms with Gasteiger partial charge in [-0.25, -0.2) is 13.6 Å². The smallest absolute Gasteiger partial charge is 0.340 e. The predicted molar refractivity (Wildman–Crippen MR) is 47.1 cm³/mol. The number of hydrogen-bond donors (Lipinski definition) is 1. The molecular formula is C8H6ClF2NO2. The topological polar surface area (TPSA) is 52.3 Å². The first-order valence-corrected chi connectivity index (χ1v) is 3.88. The largest absolute Gasteiger partial charge is 0.465 e. The van der Waals surface area contributed by atoms with E-state index < -0.39 is 28.3 Å². The van der Waals surface area contributed by atoms with Gasteiger partial charge in [0.05, 0.1) is 18.4 Å². The standard InChI is InChI=1S/C8H6ClF2NO2/c1-14-8(13)3-2-4(10)5(9)6(11)7(3)12/h2H,12H2,1H3. The van der Waals surface area contributed by atoms with Gasteiger partial charge in [0, 0.05) is 0 Å². The molecule has 3 nitrogen and oxygen atoms in total. The first-order chi connectivity index (χ1) is 6.49. The van der Waals surface area contributed by atoms with Crippen molar-refractivity contribution >= 4 is 23.3 Å². The van der Waals surface area contributed by atoms with Gasteiger partial charge in [-0.15, -0.1) is 0 Å². The number of rotatable bonds is 1. The summed E-state index contributed by atoms with van der Waals surface area (Å²) in [5.74, 6) is -3.14. The molecule has 0 heterocycles. The number of benzene rings is 1. The first-order valence-electron chi connectivity index (χ1n) is 3.50. The van der Waals surface area contributed by atoms with Crippen LogP contribution in [0, 0.1) is 11.6 Å². The van der Waals surface area contributed by atoms with E-state index in [-0.39, 0.29) is 5.56 Å². The third kappa shape index (κ3) is 1.63. The Kier molecular flexibility index (Phi) is 2.90. The summed E-state index contributed by atoms with van der Waals surface area (Å²) >= 11 is 5.22. The van der Waals surface area contributed by atoms with Crippen LogP contribution in [-0.2, 0) is 4.74 Å². The second kappa shape index (κ2) is 3.79. The highest BCUT2D eigenvalue weighted by Crippen LogP contribution is 2.27. The molecular weight excluding hydrogens is 216 g/mol. The van der Waals surface area contributed by atoms with Crippen LogP contribution in [0.1, 0.15) is 10.4 Å². The molecule has 0 unspecified atom stereocenters. The van der Waals surface area contributed by atoms with Crippen LogP contribution in [0.25, 0.3) is 0 Å². The van der Waals surface area contributed by atoms with Crippen LogP contribution in [0.4, 0.5) is 14.5 Å². The van der Waals surface area contributed by atoms with Crippen molar-refractivity contribution in [2.24, 2.45) is 0 Å². The lowest BCUT2D eigenvalue weighted by atomic mass is 10.1. The van der Waals surface area contributed by atoms with E-state index >= 15 is 0 Å². The molecule has 0 bridgehead atoms. The van der Waals surface area contributed by atoms with Gasteiger partial charge in [0.1, 0.15) is 10.8 Å². The molecule has 0 fully saturated rings. The first kappa shape index (κ1) is 10.7. The van der Waals surface area contributed by atoms with Gasteiger partial charge in [0.25, 0.3) is 0 Å². The maximum atomic E-state index is 13.0. The van der Waals surface area contributed by atoms with Crippen LogP contribution in [-0.4, -0.2) is 13.1 Å². The van der Waals surface area contributed by atoms with Crippen LogP contribution in [0.15, 0.2) is 6.07 Å². The van der Waals surface area contributed by atoms with E-state index in [1.165, 1.54) is 0 Å². The molecule has 0 saturated heterocycles. The minimum absolute atomic E-state index is 0.382. The lowest BCUT2D eigenvalue weighted by Gasteiger charge is -2.06. The summed E-state index contributed by atoms with van der Waals surface area (Å²) < 4.78 is 30.2. The fourth-order valence-corrected chi connectivity index (χ4v) is 1.04. The zero-order chi connectivity index (χ0) is 10.9. The Labute approximate surface area is 83.4 Å². The monoisotopic (exact) mass is 221 g/mol. The minimum Gasteiger partial charge on any atom is -0.465 e. The summed E-state index contributed by atoms with van der Waals surface area (Å²) in [5, 5.41) is -0.741. The van der Waals surface area contributed by atoms with Crippen molar-refractivity contribution in [1.29, 1.82) is 0 Å². The van der Waals surface area contributed by atoms with E-state index in [1.54, 1.807) is 0 Å². The van der Waals surface area contributed by atoms with E-state index in [4.69, 9.17) is 17.3 Å². The van der Waals surface area contributed by atoms with Crippen molar-refractivity contribution < 1.29 is 18.3 Å². The van der Waals surface area contributed by atoms with Gasteiger partial charge in [0.2, 0.25) is 0 Å². The highest BCUT2D eigenvalue weighted by atomic mass is 35.5. The summed E-state index contributed by atoms with van der Waals surface area (Å²) in [5.41, 5.74) is 4.29. The summed E-state index contributed by atoms with van der Waals surface area (Å²) in [6, 6.07) is 0.729. The average molecular weight is 222 g/mol. The van der Waals surface area contributed by atoms with E-state index in [9.17, 15) is 13.6 Å². The predicted octanol–water partition coefficient (Wildman–Crippen LogP) is 1.99. The molecule has 0 aliphatic rings. The normalized spacial score (nSPS) is 10.0. The van der Waals surface area contributed by atoms with Crippen molar-refractivity contribution in [3.05, 3.63) is 28.3 Å². The lowest BCUT2D eigenvalue weighted by molar-refractivity contribution is 0.0601. The highest BCUT2D eigenvalue weighted by Gasteiger charge is 2.19. The second-order valence-electron chi connectivity index (χ2n) is 2.44. The van der Waals surface area contributed by atoms with Gasteiger partial charge in [-0.05, 0) is 6.07 Å². The summed E-state index contributed by atoms with van der Waals surface area (Å²) in [6.45, 7) is 0. The average Bonchev–Trinajstić information content (AvgIpc) is 2.19. The van der Waals surface area contributed by atoms with Crippen molar-refractivity contribution in [1.82, 2.24) is 0 Å². The van der Waals surface area contributed by atoms with Crippen LogP contribution in [0.2, 0.25) is 5.02 Å². The fourth-order valence-electron chi connectivity index (χ4n) is 0.888. The number of carbonyl (C=O) groups is 1. The molecule has 0 aliphatic heterocycles. The molecule has 14 heavy (non-hydrogen) atoms. The fraction of sp³-hybridized carbons (Fsp3) is 0.125. The summed E-state index contributed by atoms with van der Waals surface area (Å²) in [4.78, 5) is 11.0. The summed E-state index contributed by atoms with van der Waals surface area (Å²) in [6.07, 6.45) is 0. The molecule has 2 N–H and O–H groups in total. The highest BCUT2D eigenvalue weighted by molar-refractivity contribution is 6.31. The van der Waals surface area contributed by atoms with Crippen LogP contribution in [0.5, 0.6) is 0 Å². The molecule has 6 heteroatoms. The van der Waals surface area contributed by atoms with Crippen LogP contribution >= 0.6 is 11.6 Å². The van der Waals surface area contributed by atoms with E-state index in [0.29, 0.717) is 0 Å². The molecule has 0 spiro atoms.